The summed E-state index contributed by atoms with van der Waals surface area (Å²) in [7, 11) is -1.17. The molecule has 1 aliphatic carbocycles. The Morgan fingerprint density at radius 1 is 1.28 bits per heavy atom. The van der Waals surface area contributed by atoms with Crippen LogP contribution in [0.4, 0.5) is 11.5 Å². The second-order valence-corrected chi connectivity index (χ2v) is 11.0. The number of halogens is 1. The molecule has 2 aliphatic heterocycles. The number of rotatable bonds is 5. The lowest BCUT2D eigenvalue weighted by atomic mass is 9.77. The summed E-state index contributed by atoms with van der Waals surface area (Å²) in [4.78, 5) is 7.72. The average Bonchev–Trinajstić information content (AvgIpc) is 3.17. The number of hydrogen-bond donors (Lipinski definition) is 2. The van der Waals surface area contributed by atoms with Gasteiger partial charge in [0.1, 0.15) is 17.5 Å². The average molecular weight is 471 g/mol. The van der Waals surface area contributed by atoms with E-state index in [-0.39, 0.29) is 6.61 Å². The summed E-state index contributed by atoms with van der Waals surface area (Å²) in [6.45, 7) is 1.62. The fourth-order valence-electron chi connectivity index (χ4n) is 5.12. The Kier molecular flexibility index (Phi) is 5.87. The molecule has 168 valence electrons. The molecule has 1 aromatic heterocycles. The van der Waals surface area contributed by atoms with Gasteiger partial charge in [0, 0.05) is 30.3 Å². The number of hydrogen-bond acceptors (Lipinski definition) is 6. The van der Waals surface area contributed by atoms with E-state index in [0.29, 0.717) is 40.1 Å². The van der Waals surface area contributed by atoms with Gasteiger partial charge in [0.2, 0.25) is 0 Å². The molecule has 2 fully saturated rings. The van der Waals surface area contributed by atoms with Crippen LogP contribution in [0, 0.1) is 11.3 Å². The smallest absolute Gasteiger partial charge is 0.149 e. The van der Waals surface area contributed by atoms with Crippen molar-refractivity contribution in [1.29, 1.82) is 5.26 Å². The first-order valence-electron chi connectivity index (χ1n) is 11.3. The molecule has 6 nitrogen and oxygen atoms in total. The summed E-state index contributed by atoms with van der Waals surface area (Å²) in [5.41, 5.74) is 2.79. The third-order valence-corrected chi connectivity index (χ3v) is 8.93. The van der Waals surface area contributed by atoms with Crippen LogP contribution in [0.2, 0.25) is 5.02 Å². The molecule has 1 saturated heterocycles. The first-order chi connectivity index (χ1) is 15.5. The van der Waals surface area contributed by atoms with Gasteiger partial charge in [-0.2, -0.15) is 5.26 Å². The van der Waals surface area contributed by atoms with E-state index in [1.807, 2.05) is 12.1 Å². The monoisotopic (exact) mass is 470 g/mol. The molecule has 1 atom stereocenters. The number of aryl methyl sites for hydroxylation is 1. The van der Waals surface area contributed by atoms with Gasteiger partial charge in [-0.15, -0.1) is 0 Å². The van der Waals surface area contributed by atoms with E-state index in [9.17, 15) is 14.6 Å². The van der Waals surface area contributed by atoms with Gasteiger partial charge in [-0.3, -0.25) is 4.21 Å². The zero-order valence-corrected chi connectivity index (χ0v) is 19.5. The van der Waals surface area contributed by atoms with Crippen molar-refractivity contribution in [3.63, 3.8) is 0 Å². The van der Waals surface area contributed by atoms with Crippen molar-refractivity contribution in [2.45, 2.75) is 54.9 Å². The van der Waals surface area contributed by atoms with Crippen molar-refractivity contribution in [3.05, 3.63) is 46.1 Å². The minimum Gasteiger partial charge on any atom is -0.394 e. The summed E-state index contributed by atoms with van der Waals surface area (Å²) in [6.07, 6.45) is 5.33. The normalized spacial score (nSPS) is 22.2. The number of anilines is 2. The molecule has 3 heterocycles. The Bertz CT molecular complexity index is 1080. The van der Waals surface area contributed by atoms with Crippen molar-refractivity contribution >= 4 is 33.9 Å². The second kappa shape index (κ2) is 8.66. The quantitative estimate of drug-likeness (QED) is 0.687. The highest BCUT2D eigenvalue weighted by Gasteiger charge is 2.40. The predicted octanol–water partition coefficient (Wildman–Crippen LogP) is 3.98. The Morgan fingerprint density at radius 3 is 2.59 bits per heavy atom. The highest BCUT2D eigenvalue weighted by molar-refractivity contribution is 7.85. The molecule has 0 radical (unpaired) electrons. The van der Waals surface area contributed by atoms with E-state index in [4.69, 9.17) is 16.6 Å². The lowest BCUT2D eigenvalue weighted by Crippen LogP contribution is -2.48. The highest BCUT2D eigenvalue weighted by atomic mass is 35.5. The molecule has 0 unspecified atom stereocenters. The molecule has 5 rings (SSSR count). The Balaban J connectivity index is 1.46. The first kappa shape index (κ1) is 21.7. The van der Waals surface area contributed by atoms with E-state index in [2.05, 4.69) is 28.4 Å². The first-order valence-corrected chi connectivity index (χ1v) is 13.0. The summed E-state index contributed by atoms with van der Waals surface area (Å²) in [5, 5.41) is 24.3. The summed E-state index contributed by atoms with van der Waals surface area (Å²) in [5.74, 6) is 1.69. The van der Waals surface area contributed by atoms with Crippen LogP contribution in [-0.2, 0) is 17.2 Å². The van der Waals surface area contributed by atoms with Gasteiger partial charge in [-0.1, -0.05) is 23.7 Å². The zero-order valence-electron chi connectivity index (χ0n) is 17.9. The molecule has 3 aliphatic rings. The van der Waals surface area contributed by atoms with Gasteiger partial charge >= 0.3 is 0 Å². The maximum absolute atomic E-state index is 12.8. The Hall–Kier alpha value is -2.14. The number of aromatic nitrogens is 1. The van der Waals surface area contributed by atoms with E-state index < -0.39 is 16.3 Å². The summed E-state index contributed by atoms with van der Waals surface area (Å²) in [6, 6.07) is 10.4. The molecule has 8 heteroatoms. The van der Waals surface area contributed by atoms with Crippen LogP contribution in [0.15, 0.2) is 29.2 Å². The fraction of sp³-hybridized carbons (Fsp3) is 0.500. The van der Waals surface area contributed by atoms with Gasteiger partial charge in [0.25, 0.3) is 0 Å². The van der Waals surface area contributed by atoms with Crippen molar-refractivity contribution in [2.75, 3.05) is 35.7 Å². The number of piperidine rings is 1. The number of nitrogens with zero attached hydrogens (tertiary/aromatic N) is 3. The lowest BCUT2D eigenvalue weighted by molar-refractivity contribution is 0.144. The maximum Gasteiger partial charge on any atom is 0.149 e. The number of aliphatic hydroxyl groups excluding tert-OH is 1. The van der Waals surface area contributed by atoms with Crippen LogP contribution in [0.5, 0.6) is 0 Å². The lowest BCUT2D eigenvalue weighted by Gasteiger charge is -2.42. The molecule has 0 bridgehead atoms. The van der Waals surface area contributed by atoms with Crippen LogP contribution in [-0.4, -0.2) is 45.3 Å². The van der Waals surface area contributed by atoms with E-state index in [1.54, 1.807) is 0 Å². The van der Waals surface area contributed by atoms with E-state index in [1.165, 1.54) is 5.56 Å². The van der Waals surface area contributed by atoms with Crippen molar-refractivity contribution < 1.29 is 9.32 Å². The molecular weight excluding hydrogens is 444 g/mol. The summed E-state index contributed by atoms with van der Waals surface area (Å²) >= 11 is 6.04. The van der Waals surface area contributed by atoms with Crippen molar-refractivity contribution in [1.82, 2.24) is 4.98 Å². The molecular formula is C24H27ClN4O2S. The van der Waals surface area contributed by atoms with Crippen molar-refractivity contribution in [2.24, 2.45) is 0 Å². The molecule has 2 aromatic rings. The number of nitrogens with one attached hydrogen (secondary N) is 1. The minimum absolute atomic E-state index is 0.00339. The minimum atomic E-state index is -1.17. The largest absolute Gasteiger partial charge is 0.394 e. The van der Waals surface area contributed by atoms with Crippen LogP contribution in [0.25, 0.3) is 0 Å². The van der Waals surface area contributed by atoms with Crippen LogP contribution < -0.4 is 10.2 Å². The summed E-state index contributed by atoms with van der Waals surface area (Å²) < 4.78 is 12.8. The second-order valence-electron chi connectivity index (χ2n) is 9.10. The topological polar surface area (TPSA) is 89.2 Å². The van der Waals surface area contributed by atoms with Gasteiger partial charge in [0.05, 0.1) is 39.2 Å². The van der Waals surface area contributed by atoms with Crippen LogP contribution in [0.1, 0.15) is 54.8 Å². The zero-order chi connectivity index (χ0) is 22.3. The molecule has 0 spiro atoms. The van der Waals surface area contributed by atoms with E-state index >= 15 is 0 Å². The molecule has 2 N–H and O–H groups in total. The molecule has 1 aromatic carbocycles. The predicted molar refractivity (Wildman–Crippen MR) is 127 cm³/mol. The molecule has 1 saturated carbocycles. The van der Waals surface area contributed by atoms with Crippen molar-refractivity contribution in [3.8, 4) is 6.07 Å². The number of fused-ring (bicyclic) bond motifs is 1. The molecule has 0 amide bonds. The standard InChI is InChI=1S/C24H27ClN4O2S/c25-18-4-2-16(3-5-18)17-6-11-29(12-7-17)23-19(14-26)21(28-24(15-30)9-1-10-24)22-20(27-23)8-13-32(22)31/h2-5,17,30H,1,6-13,15H2,(H,27,28)/t32-/m1/s1. The third-order valence-electron chi connectivity index (χ3n) is 7.21. The number of nitriles is 1. The fourth-order valence-corrected chi connectivity index (χ4v) is 6.62. The van der Waals surface area contributed by atoms with Crippen LogP contribution >= 0.6 is 11.6 Å². The third kappa shape index (κ3) is 3.79. The number of aliphatic hydroxyl groups is 1. The molecule has 32 heavy (non-hydrogen) atoms. The number of benzene rings is 1. The van der Waals surface area contributed by atoms with E-state index in [0.717, 1.165) is 55.9 Å². The Morgan fingerprint density at radius 2 is 2.00 bits per heavy atom. The highest BCUT2D eigenvalue weighted by Crippen LogP contribution is 2.43. The van der Waals surface area contributed by atoms with Gasteiger partial charge in [-0.25, -0.2) is 4.98 Å². The van der Waals surface area contributed by atoms with Gasteiger partial charge in [0.15, 0.2) is 0 Å². The van der Waals surface area contributed by atoms with Gasteiger partial charge < -0.3 is 15.3 Å². The van der Waals surface area contributed by atoms with Gasteiger partial charge in [-0.05, 0) is 55.7 Å². The maximum atomic E-state index is 12.8. The SMILES string of the molecule is N#Cc1c(N2CCC(c3ccc(Cl)cc3)CC2)nc2c(c1NC1(CO)CCC1)[S@](=O)CC2. The Labute approximate surface area is 196 Å². The number of pyridine rings is 1. The van der Waals surface area contributed by atoms with Crippen LogP contribution in [0.3, 0.4) is 0 Å².